The van der Waals surface area contributed by atoms with Gasteiger partial charge in [-0.25, -0.2) is 4.79 Å². The highest BCUT2D eigenvalue weighted by Crippen LogP contribution is 2.46. The number of nitrogens with one attached hydrogen (secondary N) is 1. The van der Waals surface area contributed by atoms with E-state index in [1.165, 1.54) is 17.0 Å². The zero-order chi connectivity index (χ0) is 28.2. The molecule has 1 atom stereocenters. The molecule has 0 fully saturated rings. The molecule has 0 aromatic heterocycles. The number of anilines is 1. The highest BCUT2D eigenvalue weighted by molar-refractivity contribution is 6.31. The van der Waals surface area contributed by atoms with Gasteiger partial charge in [-0.1, -0.05) is 56.1 Å². The average molecular weight is 560 g/mol. The third-order valence-electron chi connectivity index (χ3n) is 5.56. The van der Waals surface area contributed by atoms with Gasteiger partial charge in [0.15, 0.2) is 5.78 Å². The quantitative estimate of drug-likeness (QED) is 0.373. The summed E-state index contributed by atoms with van der Waals surface area (Å²) < 4.78 is 5.78. The number of primary amides is 1. The number of halogens is 2. The van der Waals surface area contributed by atoms with Crippen LogP contribution >= 0.6 is 23.2 Å². The van der Waals surface area contributed by atoms with Crippen LogP contribution in [0.15, 0.2) is 65.9 Å². The summed E-state index contributed by atoms with van der Waals surface area (Å²) in [4.78, 5) is 51.5. The maximum absolute atomic E-state index is 14.0. The van der Waals surface area contributed by atoms with Crippen LogP contribution in [0.3, 0.4) is 0 Å². The minimum Gasteiger partial charge on any atom is -0.487 e. The Kier molecular flexibility index (Phi) is 8.85. The van der Waals surface area contributed by atoms with Crippen LogP contribution in [0.25, 0.3) is 0 Å². The van der Waals surface area contributed by atoms with Crippen LogP contribution in [-0.2, 0) is 19.2 Å². The fraction of sp³-hybridized carbons (Fsp3) is 0.259. The largest absolute Gasteiger partial charge is 0.487 e. The predicted molar refractivity (Wildman–Crippen MR) is 144 cm³/mol. The molecule has 38 heavy (non-hydrogen) atoms. The van der Waals surface area contributed by atoms with Crippen LogP contribution in [0.2, 0.25) is 10.0 Å². The van der Waals surface area contributed by atoms with Crippen LogP contribution in [0, 0.1) is 5.41 Å². The van der Waals surface area contributed by atoms with Gasteiger partial charge >= 0.3 is 5.97 Å². The Labute approximate surface area is 229 Å². The molecule has 0 aliphatic carbocycles. The minimum absolute atomic E-state index is 0.0691. The monoisotopic (exact) mass is 559 g/mol. The van der Waals surface area contributed by atoms with E-state index in [1.807, 2.05) is 0 Å². The Bertz CT molecular complexity index is 1330. The summed E-state index contributed by atoms with van der Waals surface area (Å²) in [6.07, 6.45) is 2.23. The van der Waals surface area contributed by atoms with Crippen molar-refractivity contribution in [3.63, 3.8) is 0 Å². The standard InChI is InChI=1S/C27H27Cl2N3O6/c1-27(2,3)25(36)22-23(31-14-20(30)33)26(37)32(24(22)15-6-8-16(28)9-7-15)18-13-17(29)10-11-19(18)38-12-4-5-21(34)35/h4-11,13,24,31H,12,14H2,1-3H3,(H2,30,33)(H,34,35). The highest BCUT2D eigenvalue weighted by atomic mass is 35.5. The number of carbonyl (C=O) groups is 4. The van der Waals surface area contributed by atoms with Gasteiger partial charge in [0.05, 0.1) is 23.8 Å². The van der Waals surface area contributed by atoms with E-state index in [9.17, 15) is 19.2 Å². The molecule has 2 amide bonds. The van der Waals surface area contributed by atoms with Gasteiger partial charge in [-0.2, -0.15) is 0 Å². The number of aliphatic carboxylic acids is 1. The lowest BCUT2D eigenvalue weighted by Crippen LogP contribution is -2.35. The number of carboxylic acid groups (broad SMARTS) is 1. The second kappa shape index (κ2) is 11.7. The second-order valence-corrected chi connectivity index (χ2v) is 10.4. The number of nitrogens with zero attached hydrogens (tertiary/aromatic N) is 1. The van der Waals surface area contributed by atoms with Gasteiger partial charge in [0.25, 0.3) is 5.91 Å². The lowest BCUT2D eigenvalue weighted by molar-refractivity contribution is -0.131. The first kappa shape index (κ1) is 28.7. The number of rotatable bonds is 10. The van der Waals surface area contributed by atoms with E-state index in [0.29, 0.717) is 15.6 Å². The molecule has 200 valence electrons. The molecular weight excluding hydrogens is 533 g/mol. The van der Waals surface area contributed by atoms with Crippen LogP contribution in [-0.4, -0.2) is 41.8 Å². The Hall–Kier alpha value is -3.82. The Morgan fingerprint density at radius 2 is 1.74 bits per heavy atom. The summed E-state index contributed by atoms with van der Waals surface area (Å²) in [6.45, 7) is 4.69. The minimum atomic E-state index is -1.14. The predicted octanol–water partition coefficient (Wildman–Crippen LogP) is 4.05. The molecule has 2 aromatic carbocycles. The zero-order valence-corrected chi connectivity index (χ0v) is 22.5. The van der Waals surface area contributed by atoms with Crippen molar-refractivity contribution in [2.45, 2.75) is 26.8 Å². The van der Waals surface area contributed by atoms with E-state index in [4.69, 9.17) is 38.8 Å². The molecule has 1 aliphatic rings. The number of nitrogens with two attached hydrogens (primary N) is 1. The first-order chi connectivity index (χ1) is 17.8. The Morgan fingerprint density at radius 3 is 2.32 bits per heavy atom. The number of hydrogen-bond donors (Lipinski definition) is 3. The van der Waals surface area contributed by atoms with Crippen molar-refractivity contribution in [1.29, 1.82) is 0 Å². The van der Waals surface area contributed by atoms with Crippen molar-refractivity contribution in [1.82, 2.24) is 5.32 Å². The molecule has 11 heteroatoms. The van der Waals surface area contributed by atoms with Gasteiger partial charge in [0.1, 0.15) is 18.1 Å². The van der Waals surface area contributed by atoms with E-state index in [2.05, 4.69) is 5.32 Å². The van der Waals surface area contributed by atoms with Crippen molar-refractivity contribution >= 4 is 52.5 Å². The maximum Gasteiger partial charge on any atom is 0.328 e. The molecule has 0 radical (unpaired) electrons. The lowest BCUT2D eigenvalue weighted by Gasteiger charge is -2.30. The molecule has 9 nitrogen and oxygen atoms in total. The molecule has 1 aliphatic heterocycles. The lowest BCUT2D eigenvalue weighted by atomic mass is 9.82. The third kappa shape index (κ3) is 6.54. The number of hydrogen-bond acceptors (Lipinski definition) is 6. The molecule has 0 spiro atoms. The van der Waals surface area contributed by atoms with Crippen molar-refractivity contribution in [3.8, 4) is 5.75 Å². The third-order valence-corrected chi connectivity index (χ3v) is 6.05. The number of carbonyl (C=O) groups excluding carboxylic acids is 3. The van der Waals surface area contributed by atoms with Crippen LogP contribution < -0.4 is 20.7 Å². The number of carboxylic acids is 1. The highest BCUT2D eigenvalue weighted by Gasteiger charge is 2.47. The number of ether oxygens (including phenoxy) is 1. The van der Waals surface area contributed by atoms with Crippen LogP contribution in [0.1, 0.15) is 32.4 Å². The number of benzene rings is 2. The topological polar surface area (TPSA) is 139 Å². The summed E-state index contributed by atoms with van der Waals surface area (Å²) in [7, 11) is 0. The van der Waals surface area contributed by atoms with E-state index in [-0.39, 0.29) is 41.6 Å². The Morgan fingerprint density at radius 1 is 1.11 bits per heavy atom. The van der Waals surface area contributed by atoms with Crippen LogP contribution in [0.5, 0.6) is 5.75 Å². The van der Waals surface area contributed by atoms with Gasteiger partial charge in [-0.05, 0) is 42.0 Å². The molecule has 1 heterocycles. The fourth-order valence-electron chi connectivity index (χ4n) is 3.90. The summed E-state index contributed by atoms with van der Waals surface area (Å²) in [5.41, 5.74) is 5.33. The first-order valence-corrected chi connectivity index (χ1v) is 12.3. The second-order valence-electron chi connectivity index (χ2n) is 9.48. The molecule has 0 saturated carbocycles. The summed E-state index contributed by atoms with van der Waals surface area (Å²) in [5, 5.41) is 12.4. The van der Waals surface area contributed by atoms with Gasteiger partial charge in [-0.15, -0.1) is 0 Å². The summed E-state index contributed by atoms with van der Waals surface area (Å²) in [5.74, 6) is -2.56. The zero-order valence-electron chi connectivity index (χ0n) is 21.0. The molecule has 4 N–H and O–H groups in total. The number of amides is 2. The van der Waals surface area contributed by atoms with Crippen molar-refractivity contribution < 1.29 is 29.0 Å². The SMILES string of the molecule is CC(C)(C)C(=O)C1=C(NCC(N)=O)C(=O)N(c2cc(Cl)ccc2OCC=CC(=O)O)C1c1ccc(Cl)cc1. The maximum atomic E-state index is 14.0. The van der Waals surface area contributed by atoms with Gasteiger partial charge in [0, 0.05) is 21.5 Å². The van der Waals surface area contributed by atoms with E-state index < -0.39 is 29.2 Å². The number of Topliss-reactive ketones (excluding diaryl/α,β-unsaturated/α-hetero) is 1. The van der Waals surface area contributed by atoms with Gasteiger partial charge in [0.2, 0.25) is 5.91 Å². The summed E-state index contributed by atoms with van der Waals surface area (Å²) in [6, 6.07) is 10.3. The fourth-order valence-corrected chi connectivity index (χ4v) is 4.20. The normalized spacial score (nSPS) is 15.8. The smallest absolute Gasteiger partial charge is 0.328 e. The number of ketones is 1. The molecule has 3 rings (SSSR count). The van der Waals surface area contributed by atoms with E-state index >= 15 is 0 Å². The van der Waals surface area contributed by atoms with Crippen molar-refractivity contribution in [3.05, 3.63) is 81.5 Å². The first-order valence-electron chi connectivity index (χ1n) is 11.5. The van der Waals surface area contributed by atoms with E-state index in [0.717, 1.165) is 6.08 Å². The molecule has 1 unspecified atom stereocenters. The van der Waals surface area contributed by atoms with Crippen LogP contribution in [0.4, 0.5) is 5.69 Å². The van der Waals surface area contributed by atoms with Gasteiger partial charge < -0.3 is 20.9 Å². The molecule has 0 saturated heterocycles. The summed E-state index contributed by atoms with van der Waals surface area (Å²) >= 11 is 12.4. The Balaban J connectivity index is 2.24. The van der Waals surface area contributed by atoms with Crippen molar-refractivity contribution in [2.75, 3.05) is 18.1 Å². The average Bonchev–Trinajstić information content (AvgIpc) is 3.12. The van der Waals surface area contributed by atoms with Crippen molar-refractivity contribution in [2.24, 2.45) is 11.1 Å². The molecular formula is C27H27Cl2N3O6. The molecule has 2 aromatic rings. The van der Waals surface area contributed by atoms with Gasteiger partial charge in [-0.3, -0.25) is 19.3 Å². The van der Waals surface area contributed by atoms with E-state index in [1.54, 1.807) is 57.2 Å². The molecule has 0 bridgehead atoms.